The standard InChI is InChI=1S/C23H20O4S2/c1-14-12-16-8-4-6-10-18(16)20(22(14)28(24)25)21-19-11-7-5-9-17(19)13-15(2)23(21)29(26)27-3/h4-13H,1-3H3,(H,24,25). The third kappa shape index (κ3) is 3.32. The number of fused-ring (bicyclic) bond motifs is 2. The van der Waals surface area contributed by atoms with Crippen molar-refractivity contribution in [2.75, 3.05) is 7.11 Å². The lowest BCUT2D eigenvalue weighted by Gasteiger charge is -2.20. The Labute approximate surface area is 174 Å². The first-order valence-corrected chi connectivity index (χ1v) is 11.2. The van der Waals surface area contributed by atoms with E-state index < -0.39 is 22.2 Å². The lowest BCUT2D eigenvalue weighted by Crippen LogP contribution is -2.05. The molecule has 0 amide bonds. The van der Waals surface area contributed by atoms with Crippen molar-refractivity contribution < 1.29 is 17.2 Å². The van der Waals surface area contributed by atoms with Crippen LogP contribution in [-0.4, -0.2) is 20.1 Å². The van der Waals surface area contributed by atoms with Crippen molar-refractivity contribution in [3.63, 3.8) is 0 Å². The third-order valence-corrected chi connectivity index (χ3v) is 7.15. The molecule has 0 fully saturated rings. The number of aryl methyl sites for hydroxylation is 2. The Morgan fingerprint density at radius 2 is 1.21 bits per heavy atom. The van der Waals surface area contributed by atoms with E-state index in [4.69, 9.17) is 4.18 Å². The Bertz CT molecular complexity index is 1310. The van der Waals surface area contributed by atoms with Crippen LogP contribution in [0.3, 0.4) is 0 Å². The van der Waals surface area contributed by atoms with Gasteiger partial charge < -0.3 is 4.55 Å². The van der Waals surface area contributed by atoms with Gasteiger partial charge in [-0.25, -0.2) is 8.42 Å². The summed E-state index contributed by atoms with van der Waals surface area (Å²) in [4.78, 5) is 0.849. The second-order valence-corrected chi connectivity index (χ2v) is 9.01. The van der Waals surface area contributed by atoms with Crippen LogP contribution in [0.1, 0.15) is 11.1 Å². The van der Waals surface area contributed by atoms with Crippen LogP contribution in [0, 0.1) is 13.8 Å². The SMILES string of the molecule is COS(=O)c1c(C)cc2ccccc2c1-c1c(S(=O)O)c(C)cc2ccccc12. The molecule has 4 rings (SSSR count). The molecular weight excluding hydrogens is 404 g/mol. The Hall–Kier alpha value is -2.38. The molecular formula is C23H20O4S2. The number of hydrogen-bond donors (Lipinski definition) is 1. The third-order valence-electron chi connectivity index (χ3n) is 5.12. The molecule has 0 aliphatic heterocycles. The van der Waals surface area contributed by atoms with Gasteiger partial charge in [-0.15, -0.1) is 0 Å². The number of rotatable bonds is 4. The molecule has 0 heterocycles. The van der Waals surface area contributed by atoms with Crippen molar-refractivity contribution in [3.05, 3.63) is 71.8 Å². The Morgan fingerprint density at radius 3 is 1.69 bits per heavy atom. The van der Waals surface area contributed by atoms with Gasteiger partial charge in [0.15, 0.2) is 22.2 Å². The minimum absolute atomic E-state index is 0.328. The van der Waals surface area contributed by atoms with Crippen LogP contribution in [0.2, 0.25) is 0 Å². The minimum Gasteiger partial charge on any atom is -0.302 e. The van der Waals surface area contributed by atoms with E-state index in [1.165, 1.54) is 7.11 Å². The smallest absolute Gasteiger partial charge is 0.189 e. The fourth-order valence-corrected chi connectivity index (χ4v) is 5.55. The Balaban J connectivity index is 2.33. The van der Waals surface area contributed by atoms with Crippen molar-refractivity contribution in [3.8, 4) is 11.1 Å². The average molecular weight is 425 g/mol. The highest BCUT2D eigenvalue weighted by Crippen LogP contribution is 2.43. The van der Waals surface area contributed by atoms with Gasteiger partial charge >= 0.3 is 0 Å². The minimum atomic E-state index is -2.22. The molecule has 4 nitrogen and oxygen atoms in total. The average Bonchev–Trinajstić information content (AvgIpc) is 2.71. The lowest BCUT2D eigenvalue weighted by atomic mass is 9.91. The van der Waals surface area contributed by atoms with Gasteiger partial charge in [-0.1, -0.05) is 60.7 Å². The first-order chi connectivity index (χ1) is 13.9. The van der Waals surface area contributed by atoms with Gasteiger partial charge in [0.1, 0.15) is 0 Å². The topological polar surface area (TPSA) is 63.6 Å². The van der Waals surface area contributed by atoms with Crippen LogP contribution in [0.5, 0.6) is 0 Å². The Kier molecular flexibility index (Phi) is 5.36. The summed E-state index contributed by atoms with van der Waals surface area (Å²) in [6.45, 7) is 3.71. The molecule has 0 saturated heterocycles. The van der Waals surface area contributed by atoms with Crippen LogP contribution in [0.25, 0.3) is 32.7 Å². The van der Waals surface area contributed by atoms with Gasteiger partial charge in [0, 0.05) is 11.1 Å². The summed E-state index contributed by atoms with van der Waals surface area (Å²) in [6.07, 6.45) is 0. The fourth-order valence-electron chi connectivity index (χ4n) is 3.96. The second-order valence-electron chi connectivity index (χ2n) is 6.89. The molecule has 4 aromatic carbocycles. The molecule has 0 saturated carbocycles. The highest BCUT2D eigenvalue weighted by Gasteiger charge is 2.25. The molecule has 29 heavy (non-hydrogen) atoms. The molecule has 4 aromatic rings. The predicted molar refractivity (Wildman–Crippen MR) is 119 cm³/mol. The first kappa shape index (κ1) is 19.9. The summed E-state index contributed by atoms with van der Waals surface area (Å²) in [5.41, 5.74) is 2.82. The molecule has 2 atom stereocenters. The maximum absolute atomic E-state index is 12.9. The summed E-state index contributed by atoms with van der Waals surface area (Å²) in [6, 6.07) is 19.4. The molecule has 0 spiro atoms. The van der Waals surface area contributed by atoms with Gasteiger partial charge in [-0.05, 0) is 46.5 Å². The molecule has 148 valence electrons. The zero-order valence-corrected chi connectivity index (χ0v) is 17.9. The molecule has 2 unspecified atom stereocenters. The molecule has 0 aliphatic carbocycles. The van der Waals surface area contributed by atoms with E-state index in [1.54, 1.807) is 0 Å². The van der Waals surface area contributed by atoms with Gasteiger partial charge in [-0.2, -0.15) is 0 Å². The predicted octanol–water partition coefficient (Wildman–Crippen LogP) is 5.53. The lowest BCUT2D eigenvalue weighted by molar-refractivity contribution is 0.445. The van der Waals surface area contributed by atoms with Crippen molar-refractivity contribution in [2.24, 2.45) is 0 Å². The van der Waals surface area contributed by atoms with Crippen LogP contribution in [0.4, 0.5) is 0 Å². The van der Waals surface area contributed by atoms with Crippen molar-refractivity contribution in [2.45, 2.75) is 23.6 Å². The maximum atomic E-state index is 12.9. The maximum Gasteiger partial charge on any atom is 0.189 e. The largest absolute Gasteiger partial charge is 0.302 e. The van der Waals surface area contributed by atoms with Gasteiger partial charge in [0.25, 0.3) is 0 Å². The van der Waals surface area contributed by atoms with E-state index in [0.29, 0.717) is 26.5 Å². The van der Waals surface area contributed by atoms with Crippen LogP contribution in [-0.2, 0) is 26.3 Å². The fraction of sp³-hybridized carbons (Fsp3) is 0.130. The quantitative estimate of drug-likeness (QED) is 0.438. The zero-order chi connectivity index (χ0) is 20.7. The molecule has 1 N–H and O–H groups in total. The second kappa shape index (κ2) is 7.80. The Morgan fingerprint density at radius 1 is 0.759 bits per heavy atom. The summed E-state index contributed by atoms with van der Waals surface area (Å²) in [7, 11) is 1.40. The van der Waals surface area contributed by atoms with Gasteiger partial charge in [0.2, 0.25) is 0 Å². The van der Waals surface area contributed by atoms with Crippen LogP contribution >= 0.6 is 0 Å². The molecule has 0 aromatic heterocycles. The van der Waals surface area contributed by atoms with E-state index in [2.05, 4.69) is 0 Å². The van der Waals surface area contributed by atoms with Crippen LogP contribution in [0.15, 0.2) is 70.5 Å². The normalized spacial score (nSPS) is 13.7. The molecule has 6 heteroatoms. The highest BCUT2D eigenvalue weighted by molar-refractivity contribution is 7.80. The first-order valence-electron chi connectivity index (χ1n) is 9.06. The zero-order valence-electron chi connectivity index (χ0n) is 16.3. The van der Waals surface area contributed by atoms with E-state index >= 15 is 0 Å². The van der Waals surface area contributed by atoms with Crippen molar-refractivity contribution >= 4 is 43.7 Å². The summed E-state index contributed by atoms with van der Waals surface area (Å²) in [5, 5.41) is 3.62. The molecule has 0 radical (unpaired) electrons. The summed E-state index contributed by atoms with van der Waals surface area (Å²) >= 11 is -3.94. The summed E-state index contributed by atoms with van der Waals surface area (Å²) < 4.78 is 40.8. The van der Waals surface area contributed by atoms with Gasteiger partial charge in [0.05, 0.1) is 16.9 Å². The van der Waals surface area contributed by atoms with E-state index in [-0.39, 0.29) is 0 Å². The van der Waals surface area contributed by atoms with Crippen molar-refractivity contribution in [1.29, 1.82) is 0 Å². The monoisotopic (exact) mass is 424 g/mol. The van der Waals surface area contributed by atoms with Crippen molar-refractivity contribution in [1.82, 2.24) is 0 Å². The summed E-state index contributed by atoms with van der Waals surface area (Å²) in [5.74, 6) is 0. The number of benzene rings is 4. The van der Waals surface area contributed by atoms with E-state index in [1.807, 2.05) is 74.5 Å². The molecule has 0 bridgehead atoms. The van der Waals surface area contributed by atoms with E-state index in [0.717, 1.165) is 27.1 Å². The van der Waals surface area contributed by atoms with Gasteiger partial charge in [-0.3, -0.25) is 4.18 Å². The van der Waals surface area contributed by atoms with E-state index in [9.17, 15) is 13.0 Å². The molecule has 0 aliphatic rings. The number of hydrogen-bond acceptors (Lipinski definition) is 3. The van der Waals surface area contributed by atoms with Crippen LogP contribution < -0.4 is 0 Å². The highest BCUT2D eigenvalue weighted by atomic mass is 32.2.